The minimum Gasteiger partial charge on any atom is -0.398 e. The maximum Gasteiger partial charge on any atom is 0.573 e. The summed E-state index contributed by atoms with van der Waals surface area (Å²) in [7, 11) is 0. The first-order chi connectivity index (χ1) is 7.72. The van der Waals surface area contributed by atoms with Crippen LogP contribution in [0.25, 0.3) is 0 Å². The van der Waals surface area contributed by atoms with Crippen LogP contribution in [0.3, 0.4) is 0 Å². The molecular formula is C7H3F3N2O5. The number of hydrogen-bond donors (Lipinski definition) is 0. The van der Waals surface area contributed by atoms with E-state index in [-0.39, 0.29) is 0 Å². The van der Waals surface area contributed by atoms with Crippen LogP contribution in [-0.4, -0.2) is 16.2 Å². The highest BCUT2D eigenvalue weighted by atomic mass is 19.4. The fourth-order valence-electron chi connectivity index (χ4n) is 1.05. The van der Waals surface area contributed by atoms with Crippen molar-refractivity contribution in [2.75, 3.05) is 0 Å². The van der Waals surface area contributed by atoms with Crippen LogP contribution in [0.4, 0.5) is 24.5 Å². The average molecular weight is 252 g/mol. The van der Waals surface area contributed by atoms with Crippen molar-refractivity contribution < 1.29 is 27.8 Å². The van der Waals surface area contributed by atoms with Gasteiger partial charge in [0.2, 0.25) is 5.75 Å². The van der Waals surface area contributed by atoms with Gasteiger partial charge in [-0.05, 0) is 6.07 Å². The molecule has 1 aromatic carbocycles. The molecule has 0 N–H and O–H groups in total. The molecule has 92 valence electrons. The molecule has 0 amide bonds. The molecule has 0 spiro atoms. The third-order valence-electron chi connectivity index (χ3n) is 1.58. The van der Waals surface area contributed by atoms with Crippen LogP contribution in [0, 0.1) is 20.2 Å². The van der Waals surface area contributed by atoms with Crippen LogP contribution < -0.4 is 4.74 Å². The van der Waals surface area contributed by atoms with Gasteiger partial charge in [0.15, 0.2) is 0 Å². The topological polar surface area (TPSA) is 95.5 Å². The highest BCUT2D eigenvalue weighted by Gasteiger charge is 2.38. The Labute approximate surface area is 90.7 Å². The van der Waals surface area contributed by atoms with Crippen molar-refractivity contribution in [1.82, 2.24) is 0 Å². The van der Waals surface area contributed by atoms with Crippen LogP contribution in [0.1, 0.15) is 0 Å². The Kier molecular flexibility index (Phi) is 3.16. The third-order valence-corrected chi connectivity index (χ3v) is 1.58. The van der Waals surface area contributed by atoms with Crippen molar-refractivity contribution in [3.05, 3.63) is 38.4 Å². The van der Waals surface area contributed by atoms with Crippen molar-refractivity contribution in [3.63, 3.8) is 0 Å². The summed E-state index contributed by atoms with van der Waals surface area (Å²) in [4.78, 5) is 18.4. The molecule has 0 aliphatic carbocycles. The highest BCUT2D eigenvalue weighted by Crippen LogP contribution is 2.38. The quantitative estimate of drug-likeness (QED) is 0.607. The minimum absolute atomic E-state index is 0.624. The number of nitro groups is 2. The molecule has 0 saturated heterocycles. The van der Waals surface area contributed by atoms with E-state index in [1.54, 1.807) is 0 Å². The van der Waals surface area contributed by atoms with Gasteiger partial charge in [-0.2, -0.15) is 0 Å². The number of nitrogens with zero attached hydrogens (tertiary/aromatic N) is 2. The molecule has 7 nitrogen and oxygen atoms in total. The zero-order valence-corrected chi connectivity index (χ0v) is 7.80. The van der Waals surface area contributed by atoms with Gasteiger partial charge in [-0.3, -0.25) is 20.2 Å². The molecule has 0 aliphatic heterocycles. The second kappa shape index (κ2) is 4.23. The fourth-order valence-corrected chi connectivity index (χ4v) is 1.05. The van der Waals surface area contributed by atoms with Gasteiger partial charge >= 0.3 is 17.7 Å². The van der Waals surface area contributed by atoms with Gasteiger partial charge in [-0.25, -0.2) is 0 Å². The Morgan fingerprint density at radius 3 is 2.12 bits per heavy atom. The van der Waals surface area contributed by atoms with Gasteiger partial charge in [0.05, 0.1) is 9.85 Å². The molecule has 0 heterocycles. The van der Waals surface area contributed by atoms with Crippen molar-refractivity contribution in [2.24, 2.45) is 0 Å². The van der Waals surface area contributed by atoms with E-state index < -0.39 is 33.3 Å². The monoisotopic (exact) mass is 252 g/mol. The molecule has 1 aromatic rings. The molecule has 0 fully saturated rings. The average Bonchev–Trinajstić information content (AvgIpc) is 2.14. The number of hydrogen-bond acceptors (Lipinski definition) is 5. The van der Waals surface area contributed by atoms with Gasteiger partial charge < -0.3 is 4.74 Å². The predicted octanol–water partition coefficient (Wildman–Crippen LogP) is 2.40. The lowest BCUT2D eigenvalue weighted by atomic mass is 10.2. The Balaban J connectivity index is 3.35. The summed E-state index contributed by atoms with van der Waals surface area (Å²) in [6, 6.07) is 2.19. The molecule has 0 aromatic heterocycles. The molecule has 0 unspecified atom stereocenters. The first-order valence-electron chi connectivity index (χ1n) is 3.90. The molecule has 0 aliphatic rings. The standard InChI is InChI=1S/C7H3F3N2O5/c8-7(9,10)17-5-3-1-2-4(11(13)14)6(5)12(15)16/h1-3H. The van der Waals surface area contributed by atoms with Gasteiger partial charge in [-0.15, -0.1) is 13.2 Å². The van der Waals surface area contributed by atoms with Crippen molar-refractivity contribution >= 4 is 11.4 Å². The van der Waals surface area contributed by atoms with E-state index in [9.17, 15) is 33.4 Å². The van der Waals surface area contributed by atoms with Crippen molar-refractivity contribution in [1.29, 1.82) is 0 Å². The summed E-state index contributed by atoms with van der Waals surface area (Å²) >= 11 is 0. The second-order valence-electron chi connectivity index (χ2n) is 2.69. The maximum absolute atomic E-state index is 11.9. The Hall–Kier alpha value is -2.39. The Morgan fingerprint density at radius 1 is 1.12 bits per heavy atom. The van der Waals surface area contributed by atoms with Gasteiger partial charge in [0.25, 0.3) is 0 Å². The van der Waals surface area contributed by atoms with E-state index in [0.29, 0.717) is 12.1 Å². The fraction of sp³-hybridized carbons (Fsp3) is 0.143. The largest absolute Gasteiger partial charge is 0.573 e. The number of rotatable bonds is 3. The van der Waals surface area contributed by atoms with E-state index >= 15 is 0 Å². The van der Waals surface area contributed by atoms with Crippen LogP contribution in [0.2, 0.25) is 0 Å². The van der Waals surface area contributed by atoms with E-state index in [4.69, 9.17) is 0 Å². The van der Waals surface area contributed by atoms with Crippen LogP contribution >= 0.6 is 0 Å². The van der Waals surface area contributed by atoms with E-state index in [0.717, 1.165) is 6.07 Å². The van der Waals surface area contributed by atoms with Gasteiger partial charge in [-0.1, -0.05) is 6.07 Å². The van der Waals surface area contributed by atoms with E-state index in [2.05, 4.69) is 4.74 Å². The smallest absolute Gasteiger partial charge is 0.398 e. The maximum atomic E-state index is 11.9. The predicted molar refractivity (Wildman–Crippen MR) is 46.4 cm³/mol. The highest BCUT2D eigenvalue weighted by molar-refractivity contribution is 5.61. The number of alkyl halides is 3. The van der Waals surface area contributed by atoms with Crippen molar-refractivity contribution in [2.45, 2.75) is 6.36 Å². The third kappa shape index (κ3) is 3.03. The molecule has 10 heteroatoms. The molecule has 0 bridgehead atoms. The molecular weight excluding hydrogens is 249 g/mol. The minimum atomic E-state index is -5.17. The van der Waals surface area contributed by atoms with Crippen LogP contribution in [-0.2, 0) is 0 Å². The number of ether oxygens (including phenoxy) is 1. The molecule has 0 saturated carbocycles. The number of benzene rings is 1. The summed E-state index contributed by atoms with van der Waals surface area (Å²) < 4.78 is 39.0. The van der Waals surface area contributed by atoms with Crippen LogP contribution in [0.5, 0.6) is 5.75 Å². The van der Waals surface area contributed by atoms with E-state index in [1.165, 1.54) is 0 Å². The normalized spacial score (nSPS) is 11.0. The van der Waals surface area contributed by atoms with Crippen molar-refractivity contribution in [3.8, 4) is 5.75 Å². The lowest BCUT2D eigenvalue weighted by Crippen LogP contribution is -2.18. The summed E-state index contributed by atoms with van der Waals surface area (Å²) in [5, 5.41) is 20.9. The number of para-hydroxylation sites is 1. The molecule has 17 heavy (non-hydrogen) atoms. The zero-order valence-electron chi connectivity index (χ0n) is 7.80. The van der Waals surface area contributed by atoms with E-state index in [1.807, 2.05) is 0 Å². The van der Waals surface area contributed by atoms with Crippen LogP contribution in [0.15, 0.2) is 18.2 Å². The summed E-state index contributed by atoms with van der Waals surface area (Å²) in [5.74, 6) is -1.23. The first-order valence-corrected chi connectivity index (χ1v) is 3.90. The Morgan fingerprint density at radius 2 is 1.71 bits per heavy atom. The van der Waals surface area contributed by atoms with Gasteiger partial charge in [0.1, 0.15) is 0 Å². The zero-order chi connectivity index (χ0) is 13.2. The lowest BCUT2D eigenvalue weighted by molar-refractivity contribution is -0.424. The summed E-state index contributed by atoms with van der Waals surface area (Å²) in [6.07, 6.45) is -5.17. The summed E-state index contributed by atoms with van der Waals surface area (Å²) in [5.41, 5.74) is -2.41. The SMILES string of the molecule is O=[N+]([O-])c1cccc(OC(F)(F)F)c1[N+](=O)[O-]. The lowest BCUT2D eigenvalue weighted by Gasteiger charge is -2.08. The Bertz CT molecular complexity index is 473. The first kappa shape index (κ1) is 12.7. The number of halogens is 3. The molecule has 0 radical (unpaired) electrons. The van der Waals surface area contributed by atoms with Gasteiger partial charge in [0, 0.05) is 6.07 Å². The second-order valence-corrected chi connectivity index (χ2v) is 2.69. The summed E-state index contributed by atoms with van der Waals surface area (Å²) in [6.45, 7) is 0. The molecule has 1 rings (SSSR count). The molecule has 0 atom stereocenters. The number of nitro benzene ring substituents is 2.